The molecule has 116 valence electrons. The number of furan rings is 1. The highest BCUT2D eigenvalue weighted by Crippen LogP contribution is 2.31. The van der Waals surface area contributed by atoms with Gasteiger partial charge >= 0.3 is 0 Å². The molecule has 0 aromatic carbocycles. The lowest BCUT2D eigenvalue weighted by Crippen LogP contribution is -2.30. The van der Waals surface area contributed by atoms with Crippen molar-refractivity contribution >= 4 is 0 Å². The lowest BCUT2D eigenvalue weighted by molar-refractivity contribution is 0.210. The zero-order valence-electron chi connectivity index (χ0n) is 13.6. The molecule has 3 nitrogen and oxygen atoms in total. The van der Waals surface area contributed by atoms with E-state index >= 15 is 0 Å². The quantitative estimate of drug-likeness (QED) is 0.680. The smallest absolute Gasteiger partial charge is 0.105 e. The number of hydrogen-bond acceptors (Lipinski definition) is 3. The number of nitrogens with two attached hydrogens (primary N) is 1. The Morgan fingerprint density at radius 3 is 2.60 bits per heavy atom. The molecule has 0 aliphatic heterocycles. The molecule has 0 aliphatic carbocycles. The molecule has 1 aromatic heterocycles. The van der Waals surface area contributed by atoms with Crippen molar-refractivity contribution in [2.75, 3.05) is 13.1 Å². The van der Waals surface area contributed by atoms with Gasteiger partial charge in [-0.15, -0.1) is 0 Å². The van der Waals surface area contributed by atoms with Gasteiger partial charge in [0.1, 0.15) is 5.76 Å². The maximum absolute atomic E-state index is 5.73. The zero-order valence-corrected chi connectivity index (χ0v) is 13.6. The molecular weight excluding hydrogens is 248 g/mol. The molecule has 1 aromatic rings. The van der Waals surface area contributed by atoms with Crippen molar-refractivity contribution in [2.45, 2.75) is 59.4 Å². The van der Waals surface area contributed by atoms with Crippen LogP contribution in [0.4, 0.5) is 0 Å². The van der Waals surface area contributed by atoms with Gasteiger partial charge in [0.25, 0.3) is 0 Å². The van der Waals surface area contributed by atoms with E-state index in [0.29, 0.717) is 11.5 Å². The molecule has 0 fully saturated rings. The number of nitrogens with one attached hydrogen (secondary N) is 1. The molecule has 0 saturated heterocycles. The Balaban J connectivity index is 2.19. The van der Waals surface area contributed by atoms with Crippen LogP contribution in [0.5, 0.6) is 0 Å². The number of hydrogen-bond donors (Lipinski definition) is 2. The highest BCUT2D eigenvalue weighted by molar-refractivity contribution is 4.99. The zero-order chi connectivity index (χ0) is 15.0. The SMILES string of the molecule is CC(Cc1ccco1)NCCCC(CCN)C(C)(C)C. The van der Waals surface area contributed by atoms with E-state index in [0.717, 1.165) is 37.6 Å². The van der Waals surface area contributed by atoms with Crippen LogP contribution in [0.3, 0.4) is 0 Å². The summed E-state index contributed by atoms with van der Waals surface area (Å²) in [5.41, 5.74) is 6.09. The minimum atomic E-state index is 0.360. The first-order chi connectivity index (χ1) is 9.43. The lowest BCUT2D eigenvalue weighted by atomic mass is 9.76. The molecule has 2 unspecified atom stereocenters. The molecule has 0 bridgehead atoms. The molecule has 0 aliphatic rings. The summed E-state index contributed by atoms with van der Waals surface area (Å²) in [6.07, 6.45) is 6.29. The Bertz CT molecular complexity index is 340. The van der Waals surface area contributed by atoms with Gasteiger partial charge in [0.2, 0.25) is 0 Å². The summed E-state index contributed by atoms with van der Waals surface area (Å²) in [6.45, 7) is 11.0. The van der Waals surface area contributed by atoms with Gasteiger partial charge in [0.05, 0.1) is 6.26 Å². The summed E-state index contributed by atoms with van der Waals surface area (Å²) in [7, 11) is 0. The van der Waals surface area contributed by atoms with Gasteiger partial charge in [-0.25, -0.2) is 0 Å². The van der Waals surface area contributed by atoms with Crippen molar-refractivity contribution in [3.05, 3.63) is 24.2 Å². The van der Waals surface area contributed by atoms with E-state index in [4.69, 9.17) is 10.2 Å². The van der Waals surface area contributed by atoms with Gasteiger partial charge in [0.15, 0.2) is 0 Å². The molecule has 1 rings (SSSR count). The third-order valence-corrected chi connectivity index (χ3v) is 4.05. The topological polar surface area (TPSA) is 51.2 Å². The van der Waals surface area contributed by atoms with E-state index < -0.39 is 0 Å². The Kier molecular flexibility index (Phi) is 7.31. The van der Waals surface area contributed by atoms with E-state index in [2.05, 4.69) is 33.0 Å². The minimum Gasteiger partial charge on any atom is -0.469 e. The first kappa shape index (κ1) is 17.3. The van der Waals surface area contributed by atoms with Crippen LogP contribution in [0.15, 0.2) is 22.8 Å². The lowest BCUT2D eigenvalue weighted by Gasteiger charge is -2.30. The maximum atomic E-state index is 5.73. The Hall–Kier alpha value is -0.800. The summed E-state index contributed by atoms with van der Waals surface area (Å²) in [5, 5.41) is 3.58. The molecular formula is C17H32N2O. The molecule has 0 radical (unpaired) electrons. The predicted octanol–water partition coefficient (Wildman–Crippen LogP) is 3.59. The minimum absolute atomic E-state index is 0.360. The third-order valence-electron chi connectivity index (χ3n) is 4.05. The predicted molar refractivity (Wildman–Crippen MR) is 85.7 cm³/mol. The first-order valence-corrected chi connectivity index (χ1v) is 7.89. The molecule has 1 heterocycles. The standard InChI is InChI=1S/C17H32N2O/c1-14(13-16-8-6-12-20-16)19-11-5-7-15(9-10-18)17(2,3)4/h6,8,12,14-15,19H,5,7,9-11,13,18H2,1-4H3. The molecule has 0 saturated carbocycles. The molecule has 2 atom stereocenters. The summed E-state index contributed by atoms with van der Waals surface area (Å²) in [4.78, 5) is 0. The first-order valence-electron chi connectivity index (χ1n) is 7.89. The van der Waals surface area contributed by atoms with Crippen LogP contribution in [0, 0.1) is 11.3 Å². The molecule has 0 spiro atoms. The normalized spacial score (nSPS) is 15.2. The van der Waals surface area contributed by atoms with Crippen molar-refractivity contribution < 1.29 is 4.42 Å². The van der Waals surface area contributed by atoms with Crippen LogP contribution in [0.25, 0.3) is 0 Å². The highest BCUT2D eigenvalue weighted by Gasteiger charge is 2.23. The summed E-state index contributed by atoms with van der Waals surface area (Å²) < 4.78 is 5.37. The van der Waals surface area contributed by atoms with Crippen molar-refractivity contribution in [1.82, 2.24) is 5.32 Å². The van der Waals surface area contributed by atoms with E-state index in [1.54, 1.807) is 6.26 Å². The fraction of sp³-hybridized carbons (Fsp3) is 0.765. The molecule has 20 heavy (non-hydrogen) atoms. The van der Waals surface area contributed by atoms with Gasteiger partial charge in [-0.1, -0.05) is 20.8 Å². The van der Waals surface area contributed by atoms with Crippen LogP contribution in [-0.4, -0.2) is 19.1 Å². The van der Waals surface area contributed by atoms with Crippen molar-refractivity contribution in [2.24, 2.45) is 17.1 Å². The van der Waals surface area contributed by atoms with Crippen molar-refractivity contribution in [3.8, 4) is 0 Å². The fourth-order valence-corrected chi connectivity index (χ4v) is 2.71. The van der Waals surface area contributed by atoms with Crippen LogP contribution in [-0.2, 0) is 6.42 Å². The van der Waals surface area contributed by atoms with Gasteiger partial charge in [-0.05, 0) is 62.7 Å². The molecule has 3 heteroatoms. The second kappa shape index (κ2) is 8.48. The van der Waals surface area contributed by atoms with Crippen LogP contribution >= 0.6 is 0 Å². The van der Waals surface area contributed by atoms with Gasteiger partial charge < -0.3 is 15.5 Å². The largest absolute Gasteiger partial charge is 0.469 e. The van der Waals surface area contributed by atoms with E-state index in [1.807, 2.05) is 12.1 Å². The number of rotatable bonds is 9. The van der Waals surface area contributed by atoms with E-state index in [1.165, 1.54) is 12.8 Å². The summed E-state index contributed by atoms with van der Waals surface area (Å²) in [6, 6.07) is 4.45. The maximum Gasteiger partial charge on any atom is 0.105 e. The van der Waals surface area contributed by atoms with Gasteiger partial charge in [-0.2, -0.15) is 0 Å². The van der Waals surface area contributed by atoms with Crippen LogP contribution in [0.1, 0.15) is 52.7 Å². The average molecular weight is 280 g/mol. The van der Waals surface area contributed by atoms with Crippen molar-refractivity contribution in [1.29, 1.82) is 0 Å². The highest BCUT2D eigenvalue weighted by atomic mass is 16.3. The second-order valence-electron chi connectivity index (χ2n) is 6.92. The second-order valence-corrected chi connectivity index (χ2v) is 6.92. The Morgan fingerprint density at radius 1 is 1.30 bits per heavy atom. The van der Waals surface area contributed by atoms with E-state index in [-0.39, 0.29) is 0 Å². The van der Waals surface area contributed by atoms with Crippen LogP contribution in [0.2, 0.25) is 0 Å². The third kappa shape index (κ3) is 6.58. The van der Waals surface area contributed by atoms with Crippen molar-refractivity contribution in [3.63, 3.8) is 0 Å². The molecule has 3 N–H and O–H groups in total. The fourth-order valence-electron chi connectivity index (χ4n) is 2.71. The van der Waals surface area contributed by atoms with Gasteiger partial charge in [-0.3, -0.25) is 0 Å². The Morgan fingerprint density at radius 2 is 2.05 bits per heavy atom. The Labute approximate surface area is 124 Å². The monoisotopic (exact) mass is 280 g/mol. The van der Waals surface area contributed by atoms with E-state index in [9.17, 15) is 0 Å². The summed E-state index contributed by atoms with van der Waals surface area (Å²) in [5.74, 6) is 1.77. The summed E-state index contributed by atoms with van der Waals surface area (Å²) >= 11 is 0. The van der Waals surface area contributed by atoms with Crippen LogP contribution < -0.4 is 11.1 Å². The van der Waals surface area contributed by atoms with Gasteiger partial charge in [0, 0.05) is 12.5 Å². The molecule has 0 amide bonds. The average Bonchev–Trinajstić information content (AvgIpc) is 2.84.